The van der Waals surface area contributed by atoms with Crippen LogP contribution in [0, 0.1) is 5.82 Å². The Morgan fingerprint density at radius 1 is 0.725 bits per heavy atom. The van der Waals surface area contributed by atoms with Crippen molar-refractivity contribution in [2.45, 2.75) is 24.3 Å². The first-order chi connectivity index (χ1) is 18.9. The molecule has 0 N–H and O–H groups in total. The number of hydrogen-bond donors (Lipinski definition) is 0. The lowest BCUT2D eigenvalue weighted by atomic mass is 9.97. The van der Waals surface area contributed by atoms with Gasteiger partial charge in [0.2, 0.25) is 0 Å². The lowest BCUT2D eigenvalue weighted by Crippen LogP contribution is -2.37. The van der Waals surface area contributed by atoms with Gasteiger partial charge in [0.25, 0.3) is 0 Å². The summed E-state index contributed by atoms with van der Waals surface area (Å²) in [6, 6.07) is 29.4. The number of hydrogen-bond acceptors (Lipinski definition) is 3. The average molecular weight is 639 g/mol. The first-order valence-electron chi connectivity index (χ1n) is 12.3. The van der Waals surface area contributed by atoms with Crippen LogP contribution >= 0.6 is 58.8 Å². The van der Waals surface area contributed by atoms with Crippen molar-refractivity contribution >= 4 is 58.8 Å². The Labute approximate surface area is 260 Å². The van der Waals surface area contributed by atoms with E-state index in [1.807, 2.05) is 78.0 Å². The Balaban J connectivity index is 0.00000370. The van der Waals surface area contributed by atoms with Gasteiger partial charge in [-0.2, -0.15) is 0 Å². The molecular weight excluding hydrogens is 613 g/mol. The molecule has 0 fully saturated rings. The van der Waals surface area contributed by atoms with Crippen molar-refractivity contribution in [3.63, 3.8) is 0 Å². The van der Waals surface area contributed by atoms with E-state index in [2.05, 4.69) is 17.0 Å². The fraction of sp³-hybridized carbons (Fsp3) is 0.161. The van der Waals surface area contributed by atoms with E-state index in [4.69, 9.17) is 51.1 Å². The maximum absolute atomic E-state index is 13.7. The summed E-state index contributed by atoms with van der Waals surface area (Å²) in [5, 5.41) is 1.71. The number of halogens is 6. The van der Waals surface area contributed by atoms with Gasteiger partial charge in [-0.3, -0.25) is 0 Å². The van der Waals surface area contributed by atoms with Crippen molar-refractivity contribution < 1.29 is 9.13 Å². The van der Waals surface area contributed by atoms with Crippen LogP contribution in [-0.2, 0) is 11.3 Å². The van der Waals surface area contributed by atoms with Crippen LogP contribution in [0.15, 0.2) is 109 Å². The van der Waals surface area contributed by atoms with Crippen LogP contribution in [0.5, 0.6) is 0 Å². The van der Waals surface area contributed by atoms with Crippen LogP contribution in [-0.4, -0.2) is 22.0 Å². The molecule has 0 amide bonds. The molecule has 5 rings (SSSR count). The van der Waals surface area contributed by atoms with Crippen molar-refractivity contribution in [2.75, 3.05) is 6.67 Å². The highest BCUT2D eigenvalue weighted by Crippen LogP contribution is 2.36. The van der Waals surface area contributed by atoms with Gasteiger partial charge in [-0.1, -0.05) is 107 Å². The molecule has 40 heavy (non-hydrogen) atoms. The number of nitrogens with zero attached hydrogens (tertiary/aromatic N) is 2. The van der Waals surface area contributed by atoms with Gasteiger partial charge in [-0.05, 0) is 58.7 Å². The zero-order chi connectivity index (χ0) is 27.4. The van der Waals surface area contributed by atoms with Gasteiger partial charge in [0.1, 0.15) is 17.4 Å². The molecule has 3 atom stereocenters. The molecule has 0 radical (unpaired) electrons. The summed E-state index contributed by atoms with van der Waals surface area (Å²) in [5.74, 6) is -0.270. The summed E-state index contributed by atoms with van der Waals surface area (Å²) in [6.45, 7) is 0.746. The monoisotopic (exact) mass is 636 g/mol. The molecule has 0 aromatic heterocycles. The molecule has 208 valence electrons. The van der Waals surface area contributed by atoms with Crippen LogP contribution in [0.1, 0.15) is 34.4 Å². The summed E-state index contributed by atoms with van der Waals surface area (Å²) in [6.07, 6.45) is 3.46. The Morgan fingerprint density at radius 2 is 1.32 bits per heavy atom. The molecule has 3 nitrogen and oxygen atoms in total. The first-order valence-corrected chi connectivity index (χ1v) is 13.9. The molecular formula is C31H26Cl5FN2O. The second-order valence-electron chi connectivity index (χ2n) is 9.22. The third kappa shape index (κ3) is 7.25. The third-order valence-corrected chi connectivity index (χ3v) is 7.93. The number of rotatable bonds is 9. The smallest absolute Gasteiger partial charge is 0.135 e. The van der Waals surface area contributed by atoms with Crippen LogP contribution in [0.3, 0.4) is 0 Å². The van der Waals surface area contributed by atoms with Gasteiger partial charge in [0.15, 0.2) is 0 Å². The molecule has 1 heterocycles. The Kier molecular flexibility index (Phi) is 10.6. The summed E-state index contributed by atoms with van der Waals surface area (Å²) in [4.78, 5) is 4.19. The van der Waals surface area contributed by atoms with Crippen molar-refractivity contribution in [3.8, 4) is 0 Å². The molecule has 0 saturated carbocycles. The quantitative estimate of drug-likeness (QED) is 0.134. The zero-order valence-corrected chi connectivity index (χ0v) is 25.0. The Bertz CT molecular complexity index is 1420. The van der Waals surface area contributed by atoms with E-state index in [1.165, 1.54) is 12.1 Å². The highest BCUT2D eigenvalue weighted by molar-refractivity contribution is 6.35. The molecule has 0 saturated heterocycles. The lowest BCUT2D eigenvalue weighted by Gasteiger charge is -2.34. The van der Waals surface area contributed by atoms with Gasteiger partial charge >= 0.3 is 0 Å². The normalized spacial score (nSPS) is 15.0. The SMILES string of the molecule is Cl.Fc1ccc(C(c2ccccc2)N2C=CN(C(Cl)C(OCc3ccc(Cl)cc3Cl)c3ccc(Cl)cc3)C2)cc1. The number of alkyl halides is 1. The summed E-state index contributed by atoms with van der Waals surface area (Å²) < 4.78 is 20.1. The Morgan fingerprint density at radius 3 is 2.00 bits per heavy atom. The zero-order valence-electron chi connectivity index (χ0n) is 21.1. The highest BCUT2D eigenvalue weighted by atomic mass is 35.5. The largest absolute Gasteiger partial charge is 0.365 e. The highest BCUT2D eigenvalue weighted by Gasteiger charge is 2.32. The van der Waals surface area contributed by atoms with Gasteiger partial charge < -0.3 is 14.5 Å². The summed E-state index contributed by atoms with van der Waals surface area (Å²) in [7, 11) is 0. The predicted octanol–water partition coefficient (Wildman–Crippen LogP) is 9.87. The van der Waals surface area contributed by atoms with E-state index in [9.17, 15) is 4.39 Å². The molecule has 3 unspecified atom stereocenters. The second kappa shape index (κ2) is 14.0. The molecule has 4 aromatic carbocycles. The standard InChI is InChI=1S/C31H25Cl4FN2O.ClH/c32-25-11-6-23(7-12-25)30(39-19-24-8-13-26(33)18-28(24)34)31(35)38-17-16-37(20-38)29(21-4-2-1-3-5-21)22-9-14-27(36)15-10-22;/h1-18,29-31H,19-20H2;1H. The topological polar surface area (TPSA) is 15.7 Å². The molecule has 1 aliphatic heterocycles. The van der Waals surface area contributed by atoms with Crippen molar-refractivity contribution in [1.29, 1.82) is 0 Å². The lowest BCUT2D eigenvalue weighted by molar-refractivity contribution is 0.00582. The number of ether oxygens (including phenoxy) is 1. The molecule has 0 aliphatic carbocycles. The predicted molar refractivity (Wildman–Crippen MR) is 165 cm³/mol. The summed E-state index contributed by atoms with van der Waals surface area (Å²) >= 11 is 25.8. The average Bonchev–Trinajstić information content (AvgIpc) is 3.42. The first kappa shape index (κ1) is 30.5. The molecule has 0 bridgehead atoms. The fourth-order valence-corrected chi connectivity index (χ4v) is 5.55. The van der Waals surface area contributed by atoms with Crippen molar-refractivity contribution in [2.24, 2.45) is 0 Å². The van der Waals surface area contributed by atoms with Gasteiger partial charge in [0.05, 0.1) is 19.3 Å². The minimum Gasteiger partial charge on any atom is -0.365 e. The maximum atomic E-state index is 13.7. The molecule has 9 heteroatoms. The van der Waals surface area contributed by atoms with E-state index in [0.717, 1.165) is 22.3 Å². The van der Waals surface area contributed by atoms with E-state index < -0.39 is 11.6 Å². The van der Waals surface area contributed by atoms with Crippen LogP contribution in [0.2, 0.25) is 15.1 Å². The van der Waals surface area contributed by atoms with Gasteiger partial charge in [-0.15, -0.1) is 12.4 Å². The van der Waals surface area contributed by atoms with Crippen LogP contribution in [0.25, 0.3) is 0 Å². The molecule has 4 aromatic rings. The molecule has 1 aliphatic rings. The van der Waals surface area contributed by atoms with Crippen molar-refractivity contribution in [1.82, 2.24) is 9.80 Å². The summed E-state index contributed by atoms with van der Waals surface area (Å²) in [5.41, 5.74) is 3.20. The Hall–Kier alpha value is -2.44. The minimum atomic E-state index is -0.553. The van der Waals surface area contributed by atoms with E-state index in [1.54, 1.807) is 12.1 Å². The second-order valence-corrected chi connectivity index (χ2v) is 11.0. The number of benzene rings is 4. The van der Waals surface area contributed by atoms with E-state index in [-0.39, 0.29) is 30.9 Å². The van der Waals surface area contributed by atoms with Crippen LogP contribution < -0.4 is 0 Å². The molecule has 0 spiro atoms. The maximum Gasteiger partial charge on any atom is 0.135 e. The van der Waals surface area contributed by atoms with E-state index in [0.29, 0.717) is 21.7 Å². The third-order valence-electron chi connectivity index (χ3n) is 6.61. The van der Waals surface area contributed by atoms with Crippen molar-refractivity contribution in [3.05, 3.63) is 153 Å². The van der Waals surface area contributed by atoms with Gasteiger partial charge in [0, 0.05) is 27.5 Å². The van der Waals surface area contributed by atoms with Crippen LogP contribution in [0.4, 0.5) is 4.39 Å². The van der Waals surface area contributed by atoms with Gasteiger partial charge in [-0.25, -0.2) is 4.39 Å². The fourth-order valence-electron chi connectivity index (χ4n) is 4.62. The van der Waals surface area contributed by atoms with E-state index >= 15 is 0 Å². The minimum absolute atomic E-state index is 0.